The number of ether oxygens (including phenoxy) is 2. The minimum absolute atomic E-state index is 0.0293. The molecule has 0 aromatic heterocycles. The van der Waals surface area contributed by atoms with Crippen molar-refractivity contribution in [3.8, 4) is 11.5 Å². The Kier molecular flexibility index (Phi) is 5.36. The Morgan fingerprint density at radius 3 is 2.65 bits per heavy atom. The fraction of sp³-hybridized carbons (Fsp3) is 0.235. The van der Waals surface area contributed by atoms with E-state index in [9.17, 15) is 13.2 Å². The number of rotatable bonds is 6. The first-order valence-electron chi connectivity index (χ1n) is 7.80. The quantitative estimate of drug-likeness (QED) is 0.810. The van der Waals surface area contributed by atoms with Gasteiger partial charge in [0, 0.05) is 26.1 Å². The van der Waals surface area contributed by atoms with E-state index in [1.807, 2.05) is 0 Å². The van der Waals surface area contributed by atoms with E-state index in [0.717, 1.165) is 0 Å². The van der Waals surface area contributed by atoms with Crippen molar-refractivity contribution in [1.29, 1.82) is 0 Å². The molecule has 1 aliphatic rings. The van der Waals surface area contributed by atoms with Crippen molar-refractivity contribution in [2.75, 3.05) is 24.8 Å². The van der Waals surface area contributed by atoms with Crippen LogP contribution in [-0.2, 0) is 14.8 Å². The Hall–Kier alpha value is -2.29. The van der Waals surface area contributed by atoms with Gasteiger partial charge in [-0.15, -0.1) is 0 Å². The third kappa shape index (κ3) is 3.92. The lowest BCUT2D eigenvalue weighted by molar-refractivity contribution is -0.116. The topological polar surface area (TPSA) is 84.9 Å². The SMILES string of the molecule is CC(=O)N(CCNS(=O)(=O)c1ccc2c(c1)OCO2)c1ccccc1Cl. The van der Waals surface area contributed by atoms with Crippen molar-refractivity contribution in [3.63, 3.8) is 0 Å². The molecule has 0 unspecified atom stereocenters. The first kappa shape index (κ1) is 18.5. The number of nitrogens with one attached hydrogen (secondary N) is 1. The fourth-order valence-electron chi connectivity index (χ4n) is 2.54. The number of sulfonamides is 1. The first-order valence-corrected chi connectivity index (χ1v) is 9.66. The molecule has 9 heteroatoms. The van der Waals surface area contributed by atoms with E-state index in [4.69, 9.17) is 21.1 Å². The molecule has 1 aliphatic heterocycles. The normalized spacial score (nSPS) is 12.8. The Balaban J connectivity index is 1.69. The molecule has 7 nitrogen and oxygen atoms in total. The first-order chi connectivity index (χ1) is 12.4. The van der Waals surface area contributed by atoms with Crippen molar-refractivity contribution in [3.05, 3.63) is 47.5 Å². The summed E-state index contributed by atoms with van der Waals surface area (Å²) in [4.78, 5) is 13.4. The van der Waals surface area contributed by atoms with Gasteiger partial charge >= 0.3 is 0 Å². The summed E-state index contributed by atoms with van der Waals surface area (Å²) in [5.74, 6) is 0.653. The average Bonchev–Trinajstić information content (AvgIpc) is 3.07. The van der Waals surface area contributed by atoms with E-state index in [0.29, 0.717) is 22.2 Å². The summed E-state index contributed by atoms with van der Waals surface area (Å²) in [6.07, 6.45) is 0. The van der Waals surface area contributed by atoms with Gasteiger partial charge in [0.15, 0.2) is 11.5 Å². The molecule has 2 aromatic carbocycles. The van der Waals surface area contributed by atoms with E-state index in [-0.39, 0.29) is 30.7 Å². The second-order valence-corrected chi connectivity index (χ2v) is 7.71. The largest absolute Gasteiger partial charge is 0.454 e. The zero-order chi connectivity index (χ0) is 18.7. The van der Waals surface area contributed by atoms with Crippen LogP contribution in [0, 0.1) is 0 Å². The summed E-state index contributed by atoms with van der Waals surface area (Å²) in [7, 11) is -3.75. The molecular weight excluding hydrogens is 380 g/mol. The van der Waals surface area contributed by atoms with Gasteiger partial charge in [-0.05, 0) is 24.3 Å². The Bertz CT molecular complexity index is 933. The second kappa shape index (κ2) is 7.53. The molecule has 2 aromatic rings. The van der Waals surface area contributed by atoms with Crippen molar-refractivity contribution >= 4 is 33.2 Å². The highest BCUT2D eigenvalue weighted by molar-refractivity contribution is 7.89. The standard InChI is InChI=1S/C17H17ClN2O5S/c1-12(21)20(15-5-3-2-4-14(15)18)9-8-19-26(22,23)13-6-7-16-17(10-13)25-11-24-16/h2-7,10,19H,8-9,11H2,1H3. The zero-order valence-corrected chi connectivity index (χ0v) is 15.5. The summed E-state index contributed by atoms with van der Waals surface area (Å²) < 4.78 is 37.7. The molecule has 0 fully saturated rings. The van der Waals surface area contributed by atoms with E-state index in [1.54, 1.807) is 30.3 Å². The highest BCUT2D eigenvalue weighted by atomic mass is 35.5. The summed E-state index contributed by atoms with van der Waals surface area (Å²) in [5.41, 5.74) is 0.531. The van der Waals surface area contributed by atoms with Crippen LogP contribution in [0.5, 0.6) is 11.5 Å². The minimum atomic E-state index is -3.75. The predicted molar refractivity (Wildman–Crippen MR) is 97.2 cm³/mol. The second-order valence-electron chi connectivity index (χ2n) is 5.53. The lowest BCUT2D eigenvalue weighted by atomic mass is 10.3. The molecule has 0 atom stereocenters. The lowest BCUT2D eigenvalue weighted by Crippen LogP contribution is -2.37. The molecule has 1 N–H and O–H groups in total. The van der Waals surface area contributed by atoms with Crippen molar-refractivity contribution in [2.45, 2.75) is 11.8 Å². The van der Waals surface area contributed by atoms with Crippen molar-refractivity contribution < 1.29 is 22.7 Å². The summed E-state index contributed by atoms with van der Waals surface area (Å²) in [6.45, 7) is 1.64. The number of hydrogen-bond acceptors (Lipinski definition) is 5. The van der Waals surface area contributed by atoms with Gasteiger partial charge in [-0.3, -0.25) is 4.79 Å². The number of benzene rings is 2. The van der Waals surface area contributed by atoms with Crippen LogP contribution in [0.1, 0.15) is 6.92 Å². The van der Waals surface area contributed by atoms with Crippen molar-refractivity contribution in [1.82, 2.24) is 4.72 Å². The van der Waals surface area contributed by atoms with Gasteiger partial charge in [0.05, 0.1) is 15.6 Å². The minimum Gasteiger partial charge on any atom is -0.454 e. The number of carbonyl (C=O) groups excluding carboxylic acids is 1. The van der Waals surface area contributed by atoms with E-state index in [2.05, 4.69) is 4.72 Å². The third-order valence-corrected chi connectivity index (χ3v) is 5.58. The zero-order valence-electron chi connectivity index (χ0n) is 13.9. The van der Waals surface area contributed by atoms with Crippen LogP contribution < -0.4 is 19.1 Å². The number of carbonyl (C=O) groups is 1. The van der Waals surface area contributed by atoms with E-state index >= 15 is 0 Å². The van der Waals surface area contributed by atoms with E-state index < -0.39 is 10.0 Å². The molecular formula is C17H17ClN2O5S. The molecule has 0 saturated heterocycles. The van der Waals surface area contributed by atoms with Crippen LogP contribution in [0.15, 0.2) is 47.4 Å². The molecule has 1 heterocycles. The third-order valence-electron chi connectivity index (χ3n) is 3.81. The number of nitrogens with zero attached hydrogens (tertiary/aromatic N) is 1. The fourth-order valence-corrected chi connectivity index (χ4v) is 3.81. The van der Waals surface area contributed by atoms with Crippen LogP contribution in [0.3, 0.4) is 0 Å². The number of anilines is 1. The van der Waals surface area contributed by atoms with Gasteiger partial charge in [0.25, 0.3) is 0 Å². The van der Waals surface area contributed by atoms with Crippen LogP contribution in [0.25, 0.3) is 0 Å². The van der Waals surface area contributed by atoms with Crippen molar-refractivity contribution in [2.24, 2.45) is 0 Å². The number of para-hydroxylation sites is 1. The summed E-state index contributed by atoms with van der Waals surface area (Å²) >= 11 is 6.12. The highest BCUT2D eigenvalue weighted by Crippen LogP contribution is 2.33. The van der Waals surface area contributed by atoms with Crippen LogP contribution in [0.2, 0.25) is 5.02 Å². The average molecular weight is 397 g/mol. The smallest absolute Gasteiger partial charge is 0.240 e. The van der Waals surface area contributed by atoms with Crippen LogP contribution >= 0.6 is 11.6 Å². The molecule has 0 spiro atoms. The van der Waals surface area contributed by atoms with Gasteiger partial charge in [0.1, 0.15) is 0 Å². The molecule has 0 radical (unpaired) electrons. The van der Waals surface area contributed by atoms with Crippen LogP contribution in [0.4, 0.5) is 5.69 Å². The molecule has 138 valence electrons. The number of amides is 1. The lowest BCUT2D eigenvalue weighted by Gasteiger charge is -2.22. The van der Waals surface area contributed by atoms with Gasteiger partial charge in [-0.2, -0.15) is 0 Å². The van der Waals surface area contributed by atoms with Gasteiger partial charge in [-0.1, -0.05) is 23.7 Å². The predicted octanol–water partition coefficient (Wildman–Crippen LogP) is 2.40. The molecule has 26 heavy (non-hydrogen) atoms. The number of hydrogen-bond donors (Lipinski definition) is 1. The van der Waals surface area contributed by atoms with Gasteiger partial charge < -0.3 is 14.4 Å². The van der Waals surface area contributed by atoms with Gasteiger partial charge in [-0.25, -0.2) is 13.1 Å². The number of halogens is 1. The van der Waals surface area contributed by atoms with Crippen LogP contribution in [-0.4, -0.2) is 34.2 Å². The Labute approximate surface area is 156 Å². The molecule has 1 amide bonds. The maximum atomic E-state index is 12.4. The molecule has 0 saturated carbocycles. The van der Waals surface area contributed by atoms with Gasteiger partial charge in [0.2, 0.25) is 22.7 Å². The molecule has 0 aliphatic carbocycles. The molecule has 0 bridgehead atoms. The maximum Gasteiger partial charge on any atom is 0.240 e. The Morgan fingerprint density at radius 1 is 1.19 bits per heavy atom. The molecule has 3 rings (SSSR count). The Morgan fingerprint density at radius 2 is 1.92 bits per heavy atom. The number of fused-ring (bicyclic) bond motifs is 1. The monoisotopic (exact) mass is 396 g/mol. The highest BCUT2D eigenvalue weighted by Gasteiger charge is 2.21. The maximum absolute atomic E-state index is 12.4. The summed E-state index contributed by atoms with van der Waals surface area (Å²) in [5, 5.41) is 0.418. The van der Waals surface area contributed by atoms with E-state index in [1.165, 1.54) is 24.0 Å². The summed E-state index contributed by atoms with van der Waals surface area (Å²) in [6, 6.07) is 11.3.